The number of ether oxygens (including phenoxy) is 1. The van der Waals surface area contributed by atoms with E-state index in [0.717, 1.165) is 44.9 Å². The van der Waals surface area contributed by atoms with Gasteiger partial charge in [0.05, 0.1) is 4.90 Å². The Bertz CT molecular complexity index is 1280. The van der Waals surface area contributed by atoms with E-state index in [0.29, 0.717) is 38.6 Å². The van der Waals surface area contributed by atoms with Crippen LogP contribution in [-0.2, 0) is 29.1 Å². The number of fused-ring (bicyclic) bond motifs is 2. The topological polar surface area (TPSA) is 151 Å². The van der Waals surface area contributed by atoms with Crippen LogP contribution in [0.5, 0.6) is 0 Å². The van der Waals surface area contributed by atoms with Crippen molar-refractivity contribution in [1.29, 1.82) is 0 Å². The number of rotatable bonds is 4. The first kappa shape index (κ1) is 32.8. The summed E-state index contributed by atoms with van der Waals surface area (Å²) in [5, 5.41) is 5.63. The van der Waals surface area contributed by atoms with E-state index in [1.54, 1.807) is 39.0 Å². The van der Waals surface area contributed by atoms with Crippen LogP contribution in [0.25, 0.3) is 0 Å². The van der Waals surface area contributed by atoms with Crippen LogP contribution in [0.4, 0.5) is 4.79 Å². The molecule has 11 nitrogen and oxygen atoms in total. The third-order valence-corrected chi connectivity index (χ3v) is 9.86. The minimum atomic E-state index is -4.14. The molecule has 3 aliphatic rings. The summed E-state index contributed by atoms with van der Waals surface area (Å²) in [4.78, 5) is 55.2. The molecule has 0 spiro atoms. The van der Waals surface area contributed by atoms with Gasteiger partial charge in [0.15, 0.2) is 0 Å². The summed E-state index contributed by atoms with van der Waals surface area (Å²) in [5.74, 6) is -1.80. The van der Waals surface area contributed by atoms with Gasteiger partial charge in [0, 0.05) is 6.54 Å². The molecule has 4 rings (SSSR count). The molecule has 2 aliphatic heterocycles. The third-order valence-electron chi connectivity index (χ3n) is 8.51. The molecule has 43 heavy (non-hydrogen) atoms. The van der Waals surface area contributed by atoms with E-state index in [9.17, 15) is 27.6 Å². The first-order chi connectivity index (χ1) is 20.3. The van der Waals surface area contributed by atoms with Crippen molar-refractivity contribution in [3.8, 4) is 0 Å². The maximum atomic E-state index is 13.8. The lowest BCUT2D eigenvalue weighted by Gasteiger charge is -2.30. The zero-order valence-corrected chi connectivity index (χ0v) is 26.3. The van der Waals surface area contributed by atoms with Crippen LogP contribution in [0.3, 0.4) is 0 Å². The monoisotopic (exact) mass is 618 g/mol. The van der Waals surface area contributed by atoms with Crippen molar-refractivity contribution in [2.75, 3.05) is 6.54 Å². The molecule has 3 N–H and O–H groups in total. The highest BCUT2D eigenvalue weighted by Crippen LogP contribution is 2.48. The van der Waals surface area contributed by atoms with E-state index in [2.05, 4.69) is 15.4 Å². The zero-order chi connectivity index (χ0) is 31.3. The second-order valence-electron chi connectivity index (χ2n) is 13.1. The molecule has 1 aromatic carbocycles. The molecule has 2 saturated heterocycles. The number of hydrogen-bond acceptors (Lipinski definition) is 7. The number of amides is 4. The van der Waals surface area contributed by atoms with Gasteiger partial charge < -0.3 is 20.3 Å². The quantitative estimate of drug-likeness (QED) is 0.465. The molecule has 4 amide bonds. The van der Waals surface area contributed by atoms with E-state index < -0.39 is 51.2 Å². The Balaban J connectivity index is 1.55. The van der Waals surface area contributed by atoms with Gasteiger partial charge >= 0.3 is 6.09 Å². The van der Waals surface area contributed by atoms with Crippen LogP contribution in [0.15, 0.2) is 35.2 Å². The number of carbonyl (C=O) groups is 4. The van der Waals surface area contributed by atoms with Gasteiger partial charge in [-0.3, -0.25) is 14.4 Å². The standard InChI is InChI=1S/C31H46N4O7S/c1-30(2,3)42-29(39)32-24-18-13-8-6-4-5-7-10-15-22-21-31(22,33-26(36)25-19-14-20-35(25)27(24)37)28(38)34-43(40,41)23-16-11-9-12-17-23/h9,11-12,16-17,22,24-25H,4-8,10,13-15,18-21H2,1-3H3,(H,32,39)(H,33,36)(H,34,38)/t22-,24?,25+,31-/m1/s1. The van der Waals surface area contributed by atoms with Gasteiger partial charge in [0.1, 0.15) is 23.2 Å². The van der Waals surface area contributed by atoms with Gasteiger partial charge in [0.2, 0.25) is 11.8 Å². The Morgan fingerprint density at radius 3 is 2.21 bits per heavy atom. The Labute approximate surface area is 254 Å². The second kappa shape index (κ2) is 13.7. The van der Waals surface area contributed by atoms with Crippen LogP contribution in [-0.4, -0.2) is 66.9 Å². The highest BCUT2D eigenvalue weighted by atomic mass is 32.2. The lowest BCUT2D eigenvalue weighted by Crippen LogP contribution is -2.58. The number of carbonyl (C=O) groups excluding carboxylic acids is 4. The van der Waals surface area contributed by atoms with Crippen molar-refractivity contribution in [1.82, 2.24) is 20.3 Å². The molecular formula is C31H46N4O7S. The van der Waals surface area contributed by atoms with E-state index >= 15 is 0 Å². The molecule has 3 fully saturated rings. The number of nitrogens with one attached hydrogen (secondary N) is 3. The molecule has 0 radical (unpaired) electrons. The smallest absolute Gasteiger partial charge is 0.408 e. The molecular weight excluding hydrogens is 572 g/mol. The summed E-state index contributed by atoms with van der Waals surface area (Å²) in [6.07, 6.45) is 8.34. The molecule has 12 heteroatoms. The van der Waals surface area contributed by atoms with E-state index in [4.69, 9.17) is 4.74 Å². The van der Waals surface area contributed by atoms with Crippen LogP contribution >= 0.6 is 0 Å². The van der Waals surface area contributed by atoms with E-state index in [1.807, 2.05) is 0 Å². The Morgan fingerprint density at radius 1 is 0.930 bits per heavy atom. The largest absolute Gasteiger partial charge is 0.444 e. The summed E-state index contributed by atoms with van der Waals surface area (Å²) in [6.45, 7) is 5.59. The maximum absolute atomic E-state index is 13.8. The fourth-order valence-corrected chi connectivity index (χ4v) is 7.23. The predicted octanol–water partition coefficient (Wildman–Crippen LogP) is 3.78. The number of sulfonamides is 1. The first-order valence-electron chi connectivity index (χ1n) is 15.6. The van der Waals surface area contributed by atoms with Gasteiger partial charge in [-0.25, -0.2) is 17.9 Å². The fraction of sp³-hybridized carbons (Fsp3) is 0.677. The zero-order valence-electron chi connectivity index (χ0n) is 25.5. The summed E-state index contributed by atoms with van der Waals surface area (Å²) < 4.78 is 33.6. The number of alkyl carbamates (subject to hydrolysis) is 1. The Morgan fingerprint density at radius 2 is 1.56 bits per heavy atom. The molecule has 1 saturated carbocycles. The van der Waals surface area contributed by atoms with Crippen molar-refractivity contribution in [2.45, 2.75) is 126 Å². The number of hydrogen-bond donors (Lipinski definition) is 3. The van der Waals surface area contributed by atoms with Crippen molar-refractivity contribution in [3.63, 3.8) is 0 Å². The van der Waals surface area contributed by atoms with Crippen molar-refractivity contribution < 1.29 is 32.3 Å². The molecule has 1 aromatic rings. The summed E-state index contributed by atoms with van der Waals surface area (Å²) in [5.41, 5.74) is -2.10. The van der Waals surface area contributed by atoms with Crippen LogP contribution in [0.1, 0.15) is 97.8 Å². The maximum Gasteiger partial charge on any atom is 0.408 e. The molecule has 2 heterocycles. The summed E-state index contributed by atoms with van der Waals surface area (Å²) in [6, 6.07) is 5.96. The summed E-state index contributed by atoms with van der Waals surface area (Å²) >= 11 is 0. The predicted molar refractivity (Wildman–Crippen MR) is 160 cm³/mol. The van der Waals surface area contributed by atoms with Crippen LogP contribution in [0.2, 0.25) is 0 Å². The number of nitrogens with zero attached hydrogens (tertiary/aromatic N) is 1. The molecule has 1 aliphatic carbocycles. The average Bonchev–Trinajstić information content (AvgIpc) is 3.40. The van der Waals surface area contributed by atoms with Gasteiger partial charge in [0.25, 0.3) is 15.9 Å². The SMILES string of the molecule is CC(C)(C)OC(=O)NC1CCCCCCCCC[C@@H]2C[C@@]2(C(=O)NS(=O)(=O)c2ccccc2)NC(=O)[C@@H]2CCCN2C1=O. The summed E-state index contributed by atoms with van der Waals surface area (Å²) in [7, 11) is -4.14. The molecule has 4 atom stereocenters. The average molecular weight is 619 g/mol. The fourth-order valence-electron chi connectivity index (χ4n) is 6.17. The Hall–Kier alpha value is -3.15. The lowest BCUT2D eigenvalue weighted by molar-refractivity contribution is -0.141. The highest BCUT2D eigenvalue weighted by molar-refractivity contribution is 7.90. The van der Waals surface area contributed by atoms with Crippen molar-refractivity contribution >= 4 is 33.8 Å². The second-order valence-corrected chi connectivity index (χ2v) is 14.7. The van der Waals surface area contributed by atoms with E-state index in [-0.39, 0.29) is 16.7 Å². The van der Waals surface area contributed by atoms with Gasteiger partial charge in [-0.1, -0.05) is 63.1 Å². The minimum Gasteiger partial charge on any atom is -0.444 e. The molecule has 238 valence electrons. The van der Waals surface area contributed by atoms with Gasteiger partial charge in [-0.05, 0) is 70.9 Å². The van der Waals surface area contributed by atoms with Crippen molar-refractivity contribution in [2.24, 2.45) is 5.92 Å². The first-order valence-corrected chi connectivity index (χ1v) is 17.0. The van der Waals surface area contributed by atoms with E-state index in [1.165, 1.54) is 17.0 Å². The Kier molecular flexibility index (Phi) is 10.4. The normalized spacial score (nSPS) is 27.6. The number of benzene rings is 1. The third kappa shape index (κ3) is 8.49. The van der Waals surface area contributed by atoms with Crippen molar-refractivity contribution in [3.05, 3.63) is 30.3 Å². The van der Waals surface area contributed by atoms with Gasteiger partial charge in [-0.2, -0.15) is 0 Å². The molecule has 0 aromatic heterocycles. The lowest BCUT2D eigenvalue weighted by atomic mass is 10.0. The highest BCUT2D eigenvalue weighted by Gasteiger charge is 2.62. The van der Waals surface area contributed by atoms with Gasteiger partial charge in [-0.15, -0.1) is 0 Å². The molecule has 0 bridgehead atoms. The van der Waals surface area contributed by atoms with Crippen LogP contribution in [0, 0.1) is 5.92 Å². The minimum absolute atomic E-state index is 0.0383. The molecule has 1 unspecified atom stereocenters. The van der Waals surface area contributed by atoms with Crippen LogP contribution < -0.4 is 15.4 Å².